The maximum Gasteiger partial charge on any atom is 0.303 e. The van der Waals surface area contributed by atoms with Gasteiger partial charge in [0, 0.05) is 13.8 Å². The van der Waals surface area contributed by atoms with Crippen LogP contribution in [0.2, 0.25) is 0 Å². The van der Waals surface area contributed by atoms with Gasteiger partial charge in [-0.1, -0.05) is 0 Å². The van der Waals surface area contributed by atoms with Crippen molar-refractivity contribution in [3.63, 3.8) is 0 Å². The highest BCUT2D eigenvalue weighted by Gasteiger charge is 2.48. The number of ether oxygens (including phenoxy) is 3. The Bertz CT molecular complexity index is 281. The van der Waals surface area contributed by atoms with Crippen LogP contribution >= 0.6 is 0 Å². The predicted molar refractivity (Wildman–Crippen MR) is 48.0 cm³/mol. The maximum absolute atomic E-state index is 12.5. The third-order valence-electron chi connectivity index (χ3n) is 2.04. The second-order valence-electron chi connectivity index (χ2n) is 3.37. The molecule has 1 N–H and O–H groups in total. The Balaban J connectivity index is 2.76. The Kier molecular flexibility index (Phi) is 4.19. The lowest BCUT2D eigenvalue weighted by Crippen LogP contribution is -2.40. The zero-order chi connectivity index (χ0) is 12.3. The molecule has 0 unspecified atom stereocenters. The van der Waals surface area contributed by atoms with Crippen LogP contribution in [0.3, 0.4) is 0 Å². The summed E-state index contributed by atoms with van der Waals surface area (Å²) < 4.78 is 26.7. The molecule has 0 saturated carbocycles. The van der Waals surface area contributed by atoms with E-state index in [1.807, 2.05) is 0 Å². The van der Waals surface area contributed by atoms with Crippen LogP contribution < -0.4 is 0 Å². The van der Waals surface area contributed by atoms with E-state index in [0.29, 0.717) is 0 Å². The van der Waals surface area contributed by atoms with E-state index in [9.17, 15) is 19.1 Å². The van der Waals surface area contributed by atoms with Gasteiger partial charge in [0.1, 0.15) is 12.8 Å². The summed E-state index contributed by atoms with van der Waals surface area (Å²) in [5.74, 6) is -1.34. The maximum atomic E-state index is 12.5. The molecule has 1 heterocycles. The van der Waals surface area contributed by atoms with Gasteiger partial charge in [-0.05, 0) is 0 Å². The van der Waals surface area contributed by atoms with Gasteiger partial charge in [-0.2, -0.15) is 0 Å². The second kappa shape index (κ2) is 5.22. The fourth-order valence-corrected chi connectivity index (χ4v) is 1.48. The Labute approximate surface area is 91.3 Å². The topological polar surface area (TPSA) is 82.1 Å². The van der Waals surface area contributed by atoms with Crippen molar-refractivity contribution < 1.29 is 33.3 Å². The summed E-state index contributed by atoms with van der Waals surface area (Å²) in [6, 6.07) is 0. The molecule has 6 nitrogen and oxygen atoms in total. The van der Waals surface area contributed by atoms with Gasteiger partial charge in [0.25, 0.3) is 0 Å². The number of halogens is 1. The van der Waals surface area contributed by atoms with Crippen LogP contribution in [0.15, 0.2) is 0 Å². The molecule has 0 spiro atoms. The van der Waals surface area contributed by atoms with Gasteiger partial charge >= 0.3 is 11.9 Å². The molecule has 1 aliphatic rings. The minimum atomic E-state index is -1.49. The number of rotatable bonds is 3. The Morgan fingerprint density at radius 3 is 2.19 bits per heavy atom. The highest BCUT2D eigenvalue weighted by molar-refractivity contribution is 5.67. The van der Waals surface area contributed by atoms with Gasteiger partial charge in [0.2, 0.25) is 0 Å². The minimum Gasteiger partial charge on any atom is -0.455 e. The van der Waals surface area contributed by atoms with Crippen molar-refractivity contribution in [3.05, 3.63) is 0 Å². The summed E-state index contributed by atoms with van der Waals surface area (Å²) >= 11 is 0. The summed E-state index contributed by atoms with van der Waals surface area (Å²) in [6.45, 7) is 1.30. The van der Waals surface area contributed by atoms with E-state index in [-0.39, 0.29) is 0 Å². The first kappa shape index (κ1) is 12.9. The SMILES string of the molecule is CC(=O)O[C@@H]1[C@@H](OC(C)=O)[C@@H](CF)O[C@@H]1O. The van der Waals surface area contributed by atoms with E-state index in [0.717, 1.165) is 13.8 Å². The monoisotopic (exact) mass is 236 g/mol. The molecule has 1 rings (SSSR count). The molecule has 0 aromatic carbocycles. The Hall–Kier alpha value is -1.21. The molecule has 0 aromatic heterocycles. The first-order valence-corrected chi connectivity index (χ1v) is 4.69. The van der Waals surface area contributed by atoms with Crippen LogP contribution in [0.25, 0.3) is 0 Å². The lowest BCUT2D eigenvalue weighted by atomic mass is 10.1. The number of alkyl halides is 1. The normalized spacial score (nSPS) is 33.5. The number of hydrogen-bond donors (Lipinski definition) is 1. The second-order valence-corrected chi connectivity index (χ2v) is 3.37. The van der Waals surface area contributed by atoms with E-state index < -0.39 is 43.2 Å². The lowest BCUT2D eigenvalue weighted by molar-refractivity contribution is -0.174. The first-order valence-electron chi connectivity index (χ1n) is 4.69. The highest BCUT2D eigenvalue weighted by atomic mass is 19.1. The van der Waals surface area contributed by atoms with Crippen molar-refractivity contribution in [2.45, 2.75) is 38.4 Å². The van der Waals surface area contributed by atoms with Crippen LogP contribution in [0.1, 0.15) is 13.8 Å². The van der Waals surface area contributed by atoms with Crippen molar-refractivity contribution in [2.75, 3.05) is 6.67 Å². The fraction of sp³-hybridized carbons (Fsp3) is 0.778. The fourth-order valence-electron chi connectivity index (χ4n) is 1.48. The third kappa shape index (κ3) is 2.89. The largest absolute Gasteiger partial charge is 0.455 e. The lowest BCUT2D eigenvalue weighted by Gasteiger charge is -2.20. The zero-order valence-corrected chi connectivity index (χ0v) is 8.88. The molecule has 1 fully saturated rings. The van der Waals surface area contributed by atoms with E-state index in [4.69, 9.17) is 14.2 Å². The molecule has 0 bridgehead atoms. The first-order chi connectivity index (χ1) is 7.45. The van der Waals surface area contributed by atoms with Gasteiger partial charge in [0.05, 0.1) is 0 Å². The van der Waals surface area contributed by atoms with Gasteiger partial charge in [0.15, 0.2) is 18.5 Å². The molecule has 1 saturated heterocycles. The van der Waals surface area contributed by atoms with Crippen LogP contribution in [0, 0.1) is 0 Å². The Morgan fingerprint density at radius 1 is 1.25 bits per heavy atom. The minimum absolute atomic E-state index is 0.668. The van der Waals surface area contributed by atoms with Gasteiger partial charge in [-0.25, -0.2) is 4.39 Å². The van der Waals surface area contributed by atoms with E-state index in [1.54, 1.807) is 0 Å². The van der Waals surface area contributed by atoms with Crippen molar-refractivity contribution in [2.24, 2.45) is 0 Å². The average molecular weight is 236 g/mol. The summed E-state index contributed by atoms with van der Waals surface area (Å²) in [5, 5.41) is 9.37. The summed E-state index contributed by atoms with van der Waals surface area (Å²) in [5.41, 5.74) is 0. The number of carbonyl (C=O) groups is 2. The third-order valence-corrected chi connectivity index (χ3v) is 2.04. The molecule has 4 atom stereocenters. The van der Waals surface area contributed by atoms with E-state index in [1.165, 1.54) is 0 Å². The standard InChI is InChI=1S/C9H13FO6/c1-4(11)14-7-6(3-10)16-9(13)8(7)15-5(2)12/h6-9,13H,3H2,1-2H3/t6-,7+,8-,9+/m1/s1. The average Bonchev–Trinajstić information content (AvgIpc) is 2.44. The molecule has 1 aliphatic heterocycles. The molecular weight excluding hydrogens is 223 g/mol. The summed E-state index contributed by atoms with van der Waals surface area (Å²) in [4.78, 5) is 21.5. The van der Waals surface area contributed by atoms with Crippen molar-refractivity contribution in [3.8, 4) is 0 Å². The van der Waals surface area contributed by atoms with Crippen molar-refractivity contribution >= 4 is 11.9 Å². The summed E-state index contributed by atoms with van der Waals surface area (Å²) in [6.07, 6.45) is -4.93. The molecule has 0 aromatic rings. The molecule has 0 amide bonds. The predicted octanol–water partition coefficient (Wildman–Crippen LogP) is -0.464. The van der Waals surface area contributed by atoms with Crippen LogP contribution in [-0.4, -0.2) is 48.3 Å². The quantitative estimate of drug-likeness (QED) is 0.667. The highest BCUT2D eigenvalue weighted by Crippen LogP contribution is 2.25. The number of esters is 2. The summed E-state index contributed by atoms with van der Waals surface area (Å²) in [7, 11) is 0. The molecular formula is C9H13FO6. The Morgan fingerprint density at radius 2 is 1.75 bits per heavy atom. The molecule has 16 heavy (non-hydrogen) atoms. The van der Waals surface area contributed by atoms with Crippen LogP contribution in [0.4, 0.5) is 4.39 Å². The molecule has 92 valence electrons. The number of hydrogen-bond acceptors (Lipinski definition) is 6. The smallest absolute Gasteiger partial charge is 0.303 e. The molecule has 0 aliphatic carbocycles. The number of aliphatic hydroxyl groups is 1. The van der Waals surface area contributed by atoms with Gasteiger partial charge in [-0.15, -0.1) is 0 Å². The zero-order valence-electron chi connectivity index (χ0n) is 8.88. The van der Waals surface area contributed by atoms with E-state index in [2.05, 4.69) is 0 Å². The van der Waals surface area contributed by atoms with Gasteiger partial charge < -0.3 is 19.3 Å². The van der Waals surface area contributed by atoms with Crippen LogP contribution in [0.5, 0.6) is 0 Å². The van der Waals surface area contributed by atoms with Gasteiger partial charge in [-0.3, -0.25) is 9.59 Å². The number of carbonyl (C=O) groups excluding carboxylic acids is 2. The molecule has 7 heteroatoms. The van der Waals surface area contributed by atoms with Crippen LogP contribution in [-0.2, 0) is 23.8 Å². The number of aliphatic hydroxyl groups excluding tert-OH is 1. The van der Waals surface area contributed by atoms with Crippen molar-refractivity contribution in [1.29, 1.82) is 0 Å². The van der Waals surface area contributed by atoms with E-state index >= 15 is 0 Å². The molecule has 0 radical (unpaired) electrons. The van der Waals surface area contributed by atoms with Crippen molar-refractivity contribution in [1.82, 2.24) is 0 Å².